The number of hydrogen-bond acceptors (Lipinski definition) is 4. The first kappa shape index (κ1) is 15.1. The molecular formula is C16H11FN2O3S. The summed E-state index contributed by atoms with van der Waals surface area (Å²) < 4.78 is 45.5. The molecule has 5 nitrogen and oxygen atoms in total. The number of rotatable bonds is 4. The lowest BCUT2D eigenvalue weighted by Gasteiger charge is -2.09. The van der Waals surface area contributed by atoms with Crippen LogP contribution in [0.15, 0.2) is 59.6 Å². The zero-order valence-corrected chi connectivity index (χ0v) is 12.6. The van der Waals surface area contributed by atoms with E-state index in [4.69, 9.17) is 10.00 Å². The normalized spacial score (nSPS) is 11.3. The molecule has 0 amide bonds. The highest BCUT2D eigenvalue weighted by Crippen LogP contribution is 2.29. The van der Waals surface area contributed by atoms with Gasteiger partial charge in [0.25, 0.3) is 10.0 Å². The van der Waals surface area contributed by atoms with E-state index in [1.54, 1.807) is 24.3 Å². The molecule has 2 aromatic carbocycles. The lowest BCUT2D eigenvalue weighted by molar-refractivity contribution is 0.372. The fourth-order valence-electron chi connectivity index (χ4n) is 2.32. The molecule has 3 rings (SSSR count). The van der Waals surface area contributed by atoms with Crippen LogP contribution >= 0.6 is 0 Å². The van der Waals surface area contributed by atoms with Gasteiger partial charge in [-0.2, -0.15) is 5.26 Å². The van der Waals surface area contributed by atoms with Crippen LogP contribution in [0.3, 0.4) is 0 Å². The molecular weight excluding hydrogens is 319 g/mol. The summed E-state index contributed by atoms with van der Waals surface area (Å²) in [6, 6.07) is 13.5. The molecule has 0 radical (unpaired) electrons. The number of nitrogens with zero attached hydrogens (tertiary/aromatic N) is 2. The van der Waals surface area contributed by atoms with Crippen LogP contribution in [-0.2, 0) is 10.0 Å². The second-order valence-electron chi connectivity index (χ2n) is 4.68. The highest BCUT2D eigenvalue weighted by atomic mass is 32.2. The molecule has 0 unspecified atom stereocenters. The van der Waals surface area contributed by atoms with E-state index >= 15 is 0 Å². The van der Waals surface area contributed by atoms with Crippen LogP contribution in [0, 0.1) is 17.1 Å². The lowest BCUT2D eigenvalue weighted by Crippen LogP contribution is -2.13. The molecule has 23 heavy (non-hydrogen) atoms. The maximum atomic E-state index is 13.9. The largest absolute Gasteiger partial charge is 0.478 e. The number of ether oxygens (including phenoxy) is 1. The van der Waals surface area contributed by atoms with Crippen molar-refractivity contribution in [3.8, 4) is 11.8 Å². The third kappa shape index (κ3) is 2.53. The van der Waals surface area contributed by atoms with E-state index in [-0.39, 0.29) is 6.61 Å². The minimum Gasteiger partial charge on any atom is -0.478 e. The van der Waals surface area contributed by atoms with E-state index in [1.807, 2.05) is 6.07 Å². The van der Waals surface area contributed by atoms with Crippen molar-refractivity contribution >= 4 is 20.9 Å². The van der Waals surface area contributed by atoms with E-state index < -0.39 is 20.7 Å². The molecule has 0 aliphatic heterocycles. The van der Waals surface area contributed by atoms with Crippen LogP contribution in [0.2, 0.25) is 0 Å². The van der Waals surface area contributed by atoms with Crippen molar-refractivity contribution in [1.29, 1.82) is 5.26 Å². The number of hydrogen-bond donors (Lipinski definition) is 0. The SMILES string of the molecule is N#CCOc1cccc2c1ccn2S(=O)(=O)c1ccccc1F. The predicted octanol–water partition coefficient (Wildman–Crippen LogP) is 2.92. The van der Waals surface area contributed by atoms with Crippen molar-refractivity contribution in [2.75, 3.05) is 6.61 Å². The first-order chi connectivity index (χ1) is 11.1. The van der Waals surface area contributed by atoms with Crippen molar-refractivity contribution in [3.05, 3.63) is 60.5 Å². The van der Waals surface area contributed by atoms with Crippen LogP contribution in [0.5, 0.6) is 5.75 Å². The highest BCUT2D eigenvalue weighted by molar-refractivity contribution is 7.90. The topological polar surface area (TPSA) is 72.1 Å². The van der Waals surface area contributed by atoms with Crippen molar-refractivity contribution in [2.45, 2.75) is 4.90 Å². The molecule has 0 saturated heterocycles. The standard InChI is InChI=1S/C16H11FN2O3S/c17-13-4-1-2-7-16(13)23(20,21)19-10-8-12-14(19)5-3-6-15(12)22-11-9-18/h1-8,10H,11H2. The van der Waals surface area contributed by atoms with Crippen LogP contribution < -0.4 is 4.74 Å². The molecule has 3 aromatic rings. The number of halogens is 1. The smallest absolute Gasteiger partial charge is 0.271 e. The third-order valence-corrected chi connectivity index (χ3v) is 5.05. The second kappa shape index (κ2) is 5.74. The van der Waals surface area contributed by atoms with Crippen molar-refractivity contribution < 1.29 is 17.5 Å². The lowest BCUT2D eigenvalue weighted by atomic mass is 10.2. The average Bonchev–Trinajstić information content (AvgIpc) is 2.98. The Morgan fingerprint density at radius 2 is 1.91 bits per heavy atom. The zero-order valence-electron chi connectivity index (χ0n) is 11.8. The van der Waals surface area contributed by atoms with Gasteiger partial charge in [-0.3, -0.25) is 0 Å². The Morgan fingerprint density at radius 3 is 2.65 bits per heavy atom. The molecule has 7 heteroatoms. The summed E-state index contributed by atoms with van der Waals surface area (Å²) in [6.07, 6.45) is 1.34. The quantitative estimate of drug-likeness (QED) is 0.737. The van der Waals surface area contributed by atoms with Crippen molar-refractivity contribution in [3.63, 3.8) is 0 Å². The summed E-state index contributed by atoms with van der Waals surface area (Å²) in [4.78, 5) is -0.402. The van der Waals surface area contributed by atoms with Gasteiger partial charge in [-0.05, 0) is 30.3 Å². The molecule has 1 aromatic heterocycles. The average molecular weight is 330 g/mol. The van der Waals surface area contributed by atoms with Gasteiger partial charge in [-0.25, -0.2) is 16.8 Å². The van der Waals surface area contributed by atoms with Gasteiger partial charge in [0.15, 0.2) is 6.61 Å². The third-order valence-electron chi connectivity index (χ3n) is 3.32. The van der Waals surface area contributed by atoms with Crippen LogP contribution in [0.4, 0.5) is 4.39 Å². The molecule has 116 valence electrons. The summed E-state index contributed by atoms with van der Waals surface area (Å²) in [6.45, 7) is -0.148. The Bertz CT molecular complexity index is 1020. The fraction of sp³-hybridized carbons (Fsp3) is 0.0625. The summed E-state index contributed by atoms with van der Waals surface area (Å²) in [5.41, 5.74) is 0.351. The van der Waals surface area contributed by atoms with Gasteiger partial charge < -0.3 is 4.74 Å². The van der Waals surface area contributed by atoms with Gasteiger partial charge in [0.2, 0.25) is 0 Å². The van der Waals surface area contributed by atoms with Crippen LogP contribution in [0.25, 0.3) is 10.9 Å². The van der Waals surface area contributed by atoms with E-state index in [0.29, 0.717) is 16.7 Å². The fourth-order valence-corrected chi connectivity index (χ4v) is 3.74. The van der Waals surface area contributed by atoms with E-state index in [2.05, 4.69) is 0 Å². The monoisotopic (exact) mass is 330 g/mol. The van der Waals surface area contributed by atoms with Crippen molar-refractivity contribution in [2.24, 2.45) is 0 Å². The Labute approximate surface area is 132 Å². The molecule has 0 fully saturated rings. The Kier molecular flexibility index (Phi) is 3.76. The van der Waals surface area contributed by atoms with E-state index in [1.165, 1.54) is 24.4 Å². The molecule has 0 N–H and O–H groups in total. The molecule has 0 aliphatic carbocycles. The number of nitriles is 1. The number of benzene rings is 2. The van der Waals surface area contributed by atoms with E-state index in [0.717, 1.165) is 10.0 Å². The maximum absolute atomic E-state index is 13.9. The minimum absolute atomic E-state index is 0.148. The van der Waals surface area contributed by atoms with Gasteiger partial charge in [0.1, 0.15) is 22.5 Å². The number of aromatic nitrogens is 1. The van der Waals surface area contributed by atoms with Crippen molar-refractivity contribution in [1.82, 2.24) is 3.97 Å². The zero-order chi connectivity index (χ0) is 16.4. The molecule has 0 spiro atoms. The van der Waals surface area contributed by atoms with Crippen LogP contribution in [0.1, 0.15) is 0 Å². The van der Waals surface area contributed by atoms with Gasteiger partial charge in [0, 0.05) is 11.6 Å². The Balaban J connectivity index is 2.18. The minimum atomic E-state index is -4.07. The second-order valence-corrected chi connectivity index (χ2v) is 6.47. The molecule has 1 heterocycles. The molecule has 0 atom stereocenters. The molecule has 0 saturated carbocycles. The van der Waals surface area contributed by atoms with E-state index in [9.17, 15) is 12.8 Å². The Morgan fingerprint density at radius 1 is 1.13 bits per heavy atom. The van der Waals surface area contributed by atoms with Crippen LogP contribution in [-0.4, -0.2) is 19.0 Å². The summed E-state index contributed by atoms with van der Waals surface area (Å²) >= 11 is 0. The summed E-state index contributed by atoms with van der Waals surface area (Å²) in [7, 11) is -4.07. The number of fused-ring (bicyclic) bond motifs is 1. The van der Waals surface area contributed by atoms with Gasteiger partial charge in [-0.15, -0.1) is 0 Å². The summed E-state index contributed by atoms with van der Waals surface area (Å²) in [5.74, 6) is -0.419. The van der Waals surface area contributed by atoms with Gasteiger partial charge in [0.05, 0.1) is 5.52 Å². The maximum Gasteiger partial charge on any atom is 0.271 e. The first-order valence-corrected chi connectivity index (χ1v) is 8.09. The highest BCUT2D eigenvalue weighted by Gasteiger charge is 2.23. The first-order valence-electron chi connectivity index (χ1n) is 6.65. The summed E-state index contributed by atoms with van der Waals surface area (Å²) in [5, 5.41) is 9.13. The molecule has 0 aliphatic rings. The molecule has 0 bridgehead atoms. The Hall–Kier alpha value is -2.85. The van der Waals surface area contributed by atoms with Gasteiger partial charge in [-0.1, -0.05) is 18.2 Å². The van der Waals surface area contributed by atoms with Gasteiger partial charge >= 0.3 is 0 Å². The predicted molar refractivity (Wildman–Crippen MR) is 82.0 cm³/mol.